The highest BCUT2D eigenvalue weighted by atomic mass is 19.1. The summed E-state index contributed by atoms with van der Waals surface area (Å²) in [5, 5.41) is 3.64. The lowest BCUT2D eigenvalue weighted by molar-refractivity contribution is 0.100. The molecule has 1 fully saturated rings. The van der Waals surface area contributed by atoms with E-state index in [1.54, 1.807) is 31.6 Å². The summed E-state index contributed by atoms with van der Waals surface area (Å²) in [5.41, 5.74) is 1.49. The summed E-state index contributed by atoms with van der Waals surface area (Å²) in [6.07, 6.45) is 4.06. The van der Waals surface area contributed by atoms with Crippen molar-refractivity contribution in [3.8, 4) is 0 Å². The first-order valence-electron chi connectivity index (χ1n) is 11.5. The van der Waals surface area contributed by atoms with Gasteiger partial charge in [0.25, 0.3) is 0 Å². The number of rotatable bonds is 4. The van der Waals surface area contributed by atoms with Gasteiger partial charge in [0.15, 0.2) is 0 Å². The minimum atomic E-state index is -0.544. The van der Waals surface area contributed by atoms with Crippen molar-refractivity contribution < 1.29 is 13.9 Å². The molecule has 8 nitrogen and oxygen atoms in total. The molecule has 2 aromatic heterocycles. The second-order valence-electron chi connectivity index (χ2n) is 9.61. The number of carbonyl (C=O) groups excluding carboxylic acids is 1. The lowest BCUT2D eigenvalue weighted by Gasteiger charge is -2.37. The number of alkyl carbamates (subject to hydrolysis) is 1. The van der Waals surface area contributed by atoms with Crippen molar-refractivity contribution in [2.45, 2.75) is 46.3 Å². The van der Waals surface area contributed by atoms with Crippen molar-refractivity contribution in [2.24, 2.45) is 0 Å². The molecule has 1 aliphatic rings. The highest BCUT2D eigenvalue weighted by Gasteiger charge is 2.26. The number of fused-ring (bicyclic) bond motifs is 1. The standard InChI is InChI=1S/C25H31FN6O2/c1-16-20(26)7-6-18-14-19(17(2)34-24(33)30-25(3,4)5)23(29-22(16)18)32-12-10-31(11-13-32)21-15-27-8-9-28-21/h6-9,14-15,17H,10-13H2,1-5H3,(H,30,33)/t17-/m0/s1. The summed E-state index contributed by atoms with van der Waals surface area (Å²) in [7, 11) is 0. The molecule has 1 aromatic carbocycles. The van der Waals surface area contributed by atoms with E-state index in [-0.39, 0.29) is 5.82 Å². The van der Waals surface area contributed by atoms with Crippen molar-refractivity contribution in [1.82, 2.24) is 20.3 Å². The molecule has 4 rings (SSSR count). The van der Waals surface area contributed by atoms with Gasteiger partial charge in [-0.05, 0) is 52.8 Å². The predicted octanol–water partition coefficient (Wildman–Crippen LogP) is 4.38. The predicted molar refractivity (Wildman–Crippen MR) is 131 cm³/mol. The van der Waals surface area contributed by atoms with Gasteiger partial charge < -0.3 is 19.9 Å². The van der Waals surface area contributed by atoms with E-state index >= 15 is 0 Å². The summed E-state index contributed by atoms with van der Waals surface area (Å²) >= 11 is 0. The number of hydrogen-bond acceptors (Lipinski definition) is 7. The second kappa shape index (κ2) is 9.40. The normalized spacial score (nSPS) is 15.4. The maximum Gasteiger partial charge on any atom is 0.408 e. The van der Waals surface area contributed by atoms with Crippen molar-refractivity contribution in [3.05, 3.63) is 53.7 Å². The van der Waals surface area contributed by atoms with Crippen molar-refractivity contribution >= 4 is 28.6 Å². The largest absolute Gasteiger partial charge is 0.442 e. The average molecular weight is 467 g/mol. The molecule has 0 bridgehead atoms. The van der Waals surface area contributed by atoms with Crippen LogP contribution in [0.25, 0.3) is 10.9 Å². The van der Waals surface area contributed by atoms with E-state index in [0.717, 1.165) is 29.9 Å². The van der Waals surface area contributed by atoms with Crippen LogP contribution < -0.4 is 15.1 Å². The third-order valence-corrected chi connectivity index (χ3v) is 5.83. The molecule has 3 heterocycles. The van der Waals surface area contributed by atoms with E-state index in [2.05, 4.69) is 25.1 Å². The monoisotopic (exact) mass is 466 g/mol. The summed E-state index contributed by atoms with van der Waals surface area (Å²) < 4.78 is 20.0. The Morgan fingerprint density at radius 3 is 2.50 bits per heavy atom. The molecule has 0 unspecified atom stereocenters. The van der Waals surface area contributed by atoms with Crippen LogP contribution in [0.1, 0.15) is 44.9 Å². The van der Waals surface area contributed by atoms with Crippen molar-refractivity contribution in [1.29, 1.82) is 0 Å². The lowest BCUT2D eigenvalue weighted by Crippen LogP contribution is -2.47. The summed E-state index contributed by atoms with van der Waals surface area (Å²) in [6, 6.07) is 5.11. The van der Waals surface area contributed by atoms with Crippen molar-refractivity contribution in [3.63, 3.8) is 0 Å². The zero-order valence-corrected chi connectivity index (χ0v) is 20.3. The fourth-order valence-electron chi connectivity index (χ4n) is 4.08. The number of pyridine rings is 1. The van der Waals surface area contributed by atoms with Crippen LogP contribution in [0.15, 0.2) is 36.8 Å². The van der Waals surface area contributed by atoms with Crippen LogP contribution in [-0.2, 0) is 4.74 Å². The van der Waals surface area contributed by atoms with E-state index < -0.39 is 17.7 Å². The minimum absolute atomic E-state index is 0.292. The Morgan fingerprint density at radius 1 is 1.15 bits per heavy atom. The number of piperazine rings is 1. The smallest absolute Gasteiger partial charge is 0.408 e. The van der Waals surface area contributed by atoms with Gasteiger partial charge in [0.2, 0.25) is 0 Å². The molecule has 3 aromatic rings. The van der Waals surface area contributed by atoms with Gasteiger partial charge in [0.05, 0.1) is 11.7 Å². The molecule has 9 heteroatoms. The first-order chi connectivity index (χ1) is 16.1. The highest BCUT2D eigenvalue weighted by molar-refractivity contribution is 5.85. The quantitative estimate of drug-likeness (QED) is 0.611. The molecular weight excluding hydrogens is 435 g/mol. The molecule has 0 spiro atoms. The maximum atomic E-state index is 14.3. The van der Waals surface area contributed by atoms with Gasteiger partial charge in [-0.15, -0.1) is 0 Å². The van der Waals surface area contributed by atoms with Gasteiger partial charge in [-0.3, -0.25) is 4.98 Å². The van der Waals surface area contributed by atoms with Crippen LogP contribution in [0.4, 0.5) is 20.8 Å². The van der Waals surface area contributed by atoms with Gasteiger partial charge in [0.1, 0.15) is 23.6 Å². The van der Waals surface area contributed by atoms with E-state index in [1.165, 1.54) is 6.07 Å². The lowest BCUT2D eigenvalue weighted by atomic mass is 10.0. The number of nitrogens with one attached hydrogen (secondary N) is 1. The second-order valence-corrected chi connectivity index (χ2v) is 9.61. The molecule has 0 radical (unpaired) electrons. The fraction of sp³-hybridized carbons (Fsp3) is 0.440. The Balaban J connectivity index is 1.65. The number of carbonyl (C=O) groups is 1. The number of hydrogen-bond donors (Lipinski definition) is 1. The molecule has 0 aliphatic carbocycles. The molecule has 1 N–H and O–H groups in total. The van der Waals surface area contributed by atoms with Gasteiger partial charge in [-0.25, -0.2) is 19.2 Å². The number of nitrogens with zero attached hydrogens (tertiary/aromatic N) is 5. The van der Waals surface area contributed by atoms with E-state index in [0.29, 0.717) is 30.0 Å². The Bertz CT molecular complexity index is 1170. The number of benzene rings is 1. The van der Waals surface area contributed by atoms with Gasteiger partial charge in [-0.1, -0.05) is 0 Å². The molecule has 0 saturated carbocycles. The van der Waals surface area contributed by atoms with Gasteiger partial charge >= 0.3 is 6.09 Å². The maximum absolute atomic E-state index is 14.3. The Labute approximate surface area is 199 Å². The molecule has 1 amide bonds. The van der Waals surface area contributed by atoms with Crippen LogP contribution in [0.2, 0.25) is 0 Å². The Kier molecular flexibility index (Phi) is 6.54. The number of aryl methyl sites for hydroxylation is 1. The number of halogens is 1. The molecule has 1 atom stereocenters. The first kappa shape index (κ1) is 23.7. The third kappa shape index (κ3) is 5.18. The number of aromatic nitrogens is 3. The summed E-state index contributed by atoms with van der Waals surface area (Å²) in [5.74, 6) is 1.25. The molecule has 180 valence electrons. The molecule has 34 heavy (non-hydrogen) atoms. The van der Waals surface area contributed by atoms with Crippen LogP contribution in [0.3, 0.4) is 0 Å². The van der Waals surface area contributed by atoms with Gasteiger partial charge in [0, 0.05) is 60.6 Å². The third-order valence-electron chi connectivity index (χ3n) is 5.83. The van der Waals surface area contributed by atoms with Crippen LogP contribution in [0.5, 0.6) is 0 Å². The summed E-state index contributed by atoms with van der Waals surface area (Å²) in [4.78, 5) is 30.2. The van der Waals surface area contributed by atoms with Crippen molar-refractivity contribution in [2.75, 3.05) is 36.0 Å². The average Bonchev–Trinajstić information content (AvgIpc) is 2.80. The van der Waals surface area contributed by atoms with Crippen LogP contribution in [0, 0.1) is 12.7 Å². The highest BCUT2D eigenvalue weighted by Crippen LogP contribution is 2.33. The van der Waals surface area contributed by atoms with Crippen LogP contribution >= 0.6 is 0 Å². The molecule has 1 aliphatic heterocycles. The summed E-state index contributed by atoms with van der Waals surface area (Å²) in [6.45, 7) is 12.1. The van der Waals surface area contributed by atoms with E-state index in [4.69, 9.17) is 9.72 Å². The minimum Gasteiger partial charge on any atom is -0.442 e. The number of ether oxygens (including phenoxy) is 1. The Morgan fingerprint density at radius 2 is 1.85 bits per heavy atom. The Hall–Kier alpha value is -3.49. The topological polar surface area (TPSA) is 83.5 Å². The van der Waals surface area contributed by atoms with E-state index in [9.17, 15) is 9.18 Å². The molecule has 1 saturated heterocycles. The SMILES string of the molecule is Cc1c(F)ccc2cc([C@H](C)OC(=O)NC(C)(C)C)c(N3CCN(c4cnccn4)CC3)nc12. The zero-order valence-electron chi connectivity index (χ0n) is 20.3. The van der Waals surface area contributed by atoms with E-state index in [1.807, 2.05) is 33.8 Å². The molecular formula is C25H31FN6O2. The number of amides is 1. The number of anilines is 2. The van der Waals surface area contributed by atoms with Gasteiger partial charge in [-0.2, -0.15) is 0 Å². The first-order valence-corrected chi connectivity index (χ1v) is 11.5. The zero-order chi connectivity index (χ0) is 24.5. The van der Waals surface area contributed by atoms with Crippen LogP contribution in [-0.4, -0.2) is 52.8 Å². The fourth-order valence-corrected chi connectivity index (χ4v) is 4.08.